The molecule has 0 bridgehead atoms. The van der Waals surface area contributed by atoms with E-state index in [2.05, 4.69) is 15.0 Å². The number of aryl methyl sites for hydroxylation is 2. The zero-order valence-electron chi connectivity index (χ0n) is 12.4. The second kappa shape index (κ2) is 6.38. The SMILES string of the molecule is CNCc1cc(S(=O)(=O)NCc2ccc(C)nc2)cn1C. The lowest BCUT2D eigenvalue weighted by Gasteiger charge is -2.05. The molecule has 114 valence electrons. The van der Waals surface area contributed by atoms with Gasteiger partial charge in [0.2, 0.25) is 10.0 Å². The van der Waals surface area contributed by atoms with Crippen LogP contribution >= 0.6 is 0 Å². The van der Waals surface area contributed by atoms with Gasteiger partial charge in [0, 0.05) is 43.9 Å². The van der Waals surface area contributed by atoms with E-state index in [4.69, 9.17) is 0 Å². The number of hydrogen-bond donors (Lipinski definition) is 2. The Kier molecular flexibility index (Phi) is 4.76. The van der Waals surface area contributed by atoms with Crippen molar-refractivity contribution in [2.24, 2.45) is 7.05 Å². The average Bonchev–Trinajstić information content (AvgIpc) is 2.81. The standard InChI is InChI=1S/C14H20N4O2S/c1-11-4-5-12(7-16-11)8-17-21(19,20)14-6-13(9-15-2)18(3)10-14/h4-7,10,15,17H,8-9H2,1-3H3. The molecule has 0 fully saturated rings. The molecule has 0 aliphatic rings. The van der Waals surface area contributed by atoms with Crippen LogP contribution in [0.5, 0.6) is 0 Å². The van der Waals surface area contributed by atoms with Crippen molar-refractivity contribution in [2.75, 3.05) is 7.05 Å². The van der Waals surface area contributed by atoms with Crippen LogP contribution in [-0.4, -0.2) is 25.0 Å². The normalized spacial score (nSPS) is 11.8. The first-order chi connectivity index (χ1) is 9.92. The van der Waals surface area contributed by atoms with Crippen molar-refractivity contribution in [3.05, 3.63) is 47.5 Å². The van der Waals surface area contributed by atoms with Crippen LogP contribution in [0.25, 0.3) is 0 Å². The molecule has 0 amide bonds. The Hall–Kier alpha value is -1.70. The Labute approximate surface area is 125 Å². The maximum atomic E-state index is 12.3. The molecule has 7 heteroatoms. The third-order valence-corrected chi connectivity index (χ3v) is 4.56. The lowest BCUT2D eigenvalue weighted by molar-refractivity contribution is 0.581. The van der Waals surface area contributed by atoms with Gasteiger partial charge >= 0.3 is 0 Å². The third-order valence-electron chi connectivity index (χ3n) is 3.19. The van der Waals surface area contributed by atoms with Crippen LogP contribution < -0.4 is 10.0 Å². The Morgan fingerprint density at radius 1 is 1.29 bits per heavy atom. The van der Waals surface area contributed by atoms with Crippen molar-refractivity contribution < 1.29 is 8.42 Å². The van der Waals surface area contributed by atoms with Crippen molar-refractivity contribution in [3.63, 3.8) is 0 Å². The van der Waals surface area contributed by atoms with Gasteiger partial charge in [-0.05, 0) is 31.7 Å². The minimum atomic E-state index is -3.51. The van der Waals surface area contributed by atoms with E-state index in [0.717, 1.165) is 17.0 Å². The van der Waals surface area contributed by atoms with Gasteiger partial charge in [0.05, 0.1) is 4.90 Å². The molecule has 0 radical (unpaired) electrons. The second-order valence-electron chi connectivity index (χ2n) is 4.94. The minimum Gasteiger partial charge on any atom is -0.352 e. The lowest BCUT2D eigenvalue weighted by Crippen LogP contribution is -2.23. The van der Waals surface area contributed by atoms with Crippen LogP contribution in [0.3, 0.4) is 0 Å². The summed E-state index contributed by atoms with van der Waals surface area (Å²) < 4.78 is 29.0. The van der Waals surface area contributed by atoms with E-state index < -0.39 is 10.0 Å². The number of aromatic nitrogens is 2. The predicted molar refractivity (Wildman–Crippen MR) is 81.2 cm³/mol. The maximum absolute atomic E-state index is 12.3. The molecule has 0 aliphatic heterocycles. The zero-order valence-corrected chi connectivity index (χ0v) is 13.2. The van der Waals surface area contributed by atoms with Crippen LogP contribution in [-0.2, 0) is 30.2 Å². The Balaban J connectivity index is 2.11. The summed E-state index contributed by atoms with van der Waals surface area (Å²) in [5.41, 5.74) is 2.65. The molecule has 0 saturated heterocycles. The second-order valence-corrected chi connectivity index (χ2v) is 6.71. The first-order valence-corrected chi connectivity index (χ1v) is 8.12. The fraction of sp³-hybridized carbons (Fsp3) is 0.357. The Bertz CT molecular complexity index is 705. The molecule has 2 aromatic heterocycles. The van der Waals surface area contributed by atoms with Crippen LogP contribution in [0.4, 0.5) is 0 Å². The zero-order chi connectivity index (χ0) is 15.5. The molecule has 21 heavy (non-hydrogen) atoms. The molecule has 2 N–H and O–H groups in total. The van der Waals surface area contributed by atoms with Gasteiger partial charge in [-0.1, -0.05) is 6.07 Å². The minimum absolute atomic E-state index is 0.228. The summed E-state index contributed by atoms with van der Waals surface area (Å²) in [6, 6.07) is 5.39. The van der Waals surface area contributed by atoms with E-state index >= 15 is 0 Å². The highest BCUT2D eigenvalue weighted by molar-refractivity contribution is 7.89. The van der Waals surface area contributed by atoms with Gasteiger partial charge in [0.15, 0.2) is 0 Å². The van der Waals surface area contributed by atoms with Gasteiger partial charge < -0.3 is 9.88 Å². The van der Waals surface area contributed by atoms with Crippen molar-refractivity contribution in [1.29, 1.82) is 0 Å². The molecule has 0 aliphatic carbocycles. The van der Waals surface area contributed by atoms with Gasteiger partial charge in [-0.3, -0.25) is 4.98 Å². The van der Waals surface area contributed by atoms with E-state index in [0.29, 0.717) is 6.54 Å². The van der Waals surface area contributed by atoms with Gasteiger partial charge in [0.1, 0.15) is 0 Å². The van der Waals surface area contributed by atoms with Crippen LogP contribution in [0, 0.1) is 6.92 Å². The van der Waals surface area contributed by atoms with E-state index in [1.165, 1.54) is 0 Å². The number of nitrogens with one attached hydrogen (secondary N) is 2. The fourth-order valence-electron chi connectivity index (χ4n) is 1.95. The predicted octanol–water partition coefficient (Wildman–Crippen LogP) is 0.926. The fourth-order valence-corrected chi connectivity index (χ4v) is 3.06. The van der Waals surface area contributed by atoms with Crippen molar-refractivity contribution in [1.82, 2.24) is 19.6 Å². The summed E-state index contributed by atoms with van der Waals surface area (Å²) in [5, 5.41) is 3.01. The van der Waals surface area contributed by atoms with E-state index in [9.17, 15) is 8.42 Å². The molecular formula is C14H20N4O2S. The molecule has 6 nitrogen and oxygen atoms in total. The summed E-state index contributed by atoms with van der Waals surface area (Å²) in [6.45, 7) is 2.74. The summed E-state index contributed by atoms with van der Waals surface area (Å²) in [5.74, 6) is 0. The van der Waals surface area contributed by atoms with Crippen LogP contribution in [0.1, 0.15) is 17.0 Å². The van der Waals surface area contributed by atoms with Gasteiger partial charge in [-0.15, -0.1) is 0 Å². The smallest absolute Gasteiger partial charge is 0.242 e. The monoisotopic (exact) mass is 308 g/mol. The van der Waals surface area contributed by atoms with Crippen LogP contribution in [0.2, 0.25) is 0 Å². The quantitative estimate of drug-likeness (QED) is 0.832. The molecule has 0 spiro atoms. The average molecular weight is 308 g/mol. The Morgan fingerprint density at radius 2 is 2.05 bits per heavy atom. The molecule has 0 saturated carbocycles. The summed E-state index contributed by atoms with van der Waals surface area (Å²) >= 11 is 0. The molecule has 2 rings (SSSR count). The van der Waals surface area contributed by atoms with Crippen molar-refractivity contribution >= 4 is 10.0 Å². The first kappa shape index (κ1) is 15.7. The number of sulfonamides is 1. The van der Waals surface area contributed by atoms with E-state index in [1.807, 2.05) is 33.2 Å². The van der Waals surface area contributed by atoms with E-state index in [-0.39, 0.29) is 11.4 Å². The van der Waals surface area contributed by atoms with E-state index in [1.54, 1.807) is 23.0 Å². The highest BCUT2D eigenvalue weighted by Crippen LogP contribution is 2.14. The maximum Gasteiger partial charge on any atom is 0.242 e. The van der Waals surface area contributed by atoms with Crippen LogP contribution in [0.15, 0.2) is 35.5 Å². The van der Waals surface area contributed by atoms with Gasteiger partial charge in [-0.2, -0.15) is 0 Å². The molecule has 0 unspecified atom stereocenters. The topological polar surface area (TPSA) is 76.0 Å². The molecule has 0 aromatic carbocycles. The molecular weight excluding hydrogens is 288 g/mol. The number of hydrogen-bond acceptors (Lipinski definition) is 4. The number of pyridine rings is 1. The largest absolute Gasteiger partial charge is 0.352 e. The number of nitrogens with zero attached hydrogens (tertiary/aromatic N) is 2. The summed E-state index contributed by atoms with van der Waals surface area (Å²) in [7, 11) is 0.137. The van der Waals surface area contributed by atoms with Crippen molar-refractivity contribution in [3.8, 4) is 0 Å². The lowest BCUT2D eigenvalue weighted by atomic mass is 10.2. The first-order valence-electron chi connectivity index (χ1n) is 6.63. The molecule has 2 heterocycles. The molecule has 2 aromatic rings. The molecule has 0 atom stereocenters. The highest BCUT2D eigenvalue weighted by Gasteiger charge is 2.17. The summed E-state index contributed by atoms with van der Waals surface area (Å²) in [6.07, 6.45) is 3.29. The van der Waals surface area contributed by atoms with Gasteiger partial charge in [0.25, 0.3) is 0 Å². The number of rotatable bonds is 6. The Morgan fingerprint density at radius 3 is 2.67 bits per heavy atom. The van der Waals surface area contributed by atoms with Gasteiger partial charge in [-0.25, -0.2) is 13.1 Å². The van der Waals surface area contributed by atoms with Crippen molar-refractivity contribution in [2.45, 2.75) is 24.9 Å². The third kappa shape index (κ3) is 3.90. The summed E-state index contributed by atoms with van der Waals surface area (Å²) in [4.78, 5) is 4.42. The highest BCUT2D eigenvalue weighted by atomic mass is 32.2.